The zero-order chi connectivity index (χ0) is 16.8. The number of anilines is 1. The smallest absolute Gasteiger partial charge is 0.221 e. The van der Waals surface area contributed by atoms with E-state index in [0.717, 1.165) is 57.5 Å². The molecule has 0 radical (unpaired) electrons. The van der Waals surface area contributed by atoms with Gasteiger partial charge in [0.2, 0.25) is 5.91 Å². The first kappa shape index (κ1) is 16.8. The Labute approximate surface area is 143 Å². The first-order valence-corrected chi connectivity index (χ1v) is 8.85. The highest BCUT2D eigenvalue weighted by atomic mass is 16.5. The first-order valence-electron chi connectivity index (χ1n) is 8.85. The topological polar surface area (TPSA) is 67.6 Å². The van der Waals surface area contributed by atoms with Crippen LogP contribution in [0.2, 0.25) is 0 Å². The molecule has 0 bridgehead atoms. The van der Waals surface area contributed by atoms with Gasteiger partial charge in [-0.2, -0.15) is 0 Å². The van der Waals surface area contributed by atoms with Crippen molar-refractivity contribution >= 4 is 11.6 Å². The number of nitrogens with zero attached hydrogens (tertiary/aromatic N) is 1. The summed E-state index contributed by atoms with van der Waals surface area (Å²) in [5.74, 6) is -0.164. The number of carbonyl (C=O) groups is 1. The summed E-state index contributed by atoms with van der Waals surface area (Å²) in [6, 6.07) is 8.53. The van der Waals surface area contributed by atoms with Crippen molar-refractivity contribution in [3.05, 3.63) is 42.2 Å². The summed E-state index contributed by atoms with van der Waals surface area (Å²) in [6.07, 6.45) is 8.25. The molecule has 2 aliphatic heterocycles. The van der Waals surface area contributed by atoms with Crippen molar-refractivity contribution in [1.82, 2.24) is 4.90 Å². The van der Waals surface area contributed by atoms with Crippen molar-refractivity contribution in [2.24, 2.45) is 11.7 Å². The Balaban J connectivity index is 1.47. The van der Waals surface area contributed by atoms with Crippen LogP contribution in [0, 0.1) is 5.92 Å². The van der Waals surface area contributed by atoms with E-state index >= 15 is 0 Å². The number of piperidine rings is 1. The quantitative estimate of drug-likeness (QED) is 0.841. The van der Waals surface area contributed by atoms with E-state index in [2.05, 4.69) is 40.6 Å². The first-order chi connectivity index (χ1) is 11.7. The average molecular weight is 329 g/mol. The second-order valence-corrected chi connectivity index (χ2v) is 6.76. The molecule has 3 rings (SSSR count). The van der Waals surface area contributed by atoms with Crippen LogP contribution in [0.5, 0.6) is 0 Å². The number of rotatable bonds is 6. The summed E-state index contributed by atoms with van der Waals surface area (Å²) in [5, 5.41) is 3.43. The van der Waals surface area contributed by atoms with Gasteiger partial charge in [0, 0.05) is 18.8 Å². The van der Waals surface area contributed by atoms with Crippen LogP contribution in [0.25, 0.3) is 0 Å². The van der Waals surface area contributed by atoms with E-state index < -0.39 is 0 Å². The second kappa shape index (κ2) is 8.20. The lowest BCUT2D eigenvalue weighted by molar-refractivity contribution is -0.123. The molecule has 1 saturated heterocycles. The molecule has 0 saturated carbocycles. The Morgan fingerprint density at radius 3 is 2.83 bits per heavy atom. The van der Waals surface area contributed by atoms with Crippen LogP contribution in [-0.2, 0) is 16.1 Å². The molecule has 5 nitrogen and oxygen atoms in total. The second-order valence-electron chi connectivity index (χ2n) is 6.76. The third kappa shape index (κ3) is 4.74. The molecule has 0 unspecified atom stereocenters. The molecule has 3 N–H and O–H groups in total. The van der Waals surface area contributed by atoms with Gasteiger partial charge in [0.05, 0.1) is 18.7 Å². The van der Waals surface area contributed by atoms with Crippen molar-refractivity contribution < 1.29 is 9.53 Å². The van der Waals surface area contributed by atoms with E-state index in [0.29, 0.717) is 0 Å². The van der Waals surface area contributed by atoms with Crippen LogP contribution in [0.15, 0.2) is 36.6 Å². The van der Waals surface area contributed by atoms with Gasteiger partial charge in [-0.05, 0) is 56.0 Å². The fraction of sp³-hybridized carbons (Fsp3) is 0.526. The molecular weight excluding hydrogens is 302 g/mol. The van der Waals surface area contributed by atoms with Crippen molar-refractivity contribution in [1.29, 1.82) is 0 Å². The molecule has 1 fully saturated rings. The summed E-state index contributed by atoms with van der Waals surface area (Å²) in [6.45, 7) is 3.52. The monoisotopic (exact) mass is 329 g/mol. The van der Waals surface area contributed by atoms with E-state index in [-0.39, 0.29) is 17.9 Å². The van der Waals surface area contributed by atoms with Crippen LogP contribution >= 0.6 is 0 Å². The van der Waals surface area contributed by atoms with E-state index in [1.54, 1.807) is 6.26 Å². The number of benzene rings is 1. The highest BCUT2D eigenvalue weighted by Gasteiger charge is 2.23. The fourth-order valence-corrected chi connectivity index (χ4v) is 3.38. The standard InChI is InChI=1S/C19H27N3O2/c20-19(23)16-4-3-10-22(14-16)13-15-6-8-17(9-7-15)21-12-18-5-1-2-11-24-18/h2,6-9,11,16,18,21H,1,3-5,10,12-14H2,(H2,20,23)/t16-,18-/m1/s1. The maximum Gasteiger partial charge on any atom is 0.221 e. The van der Waals surface area contributed by atoms with E-state index in [1.165, 1.54) is 5.56 Å². The fourth-order valence-electron chi connectivity index (χ4n) is 3.38. The zero-order valence-electron chi connectivity index (χ0n) is 14.1. The van der Waals surface area contributed by atoms with E-state index in [9.17, 15) is 4.79 Å². The van der Waals surface area contributed by atoms with Crippen LogP contribution < -0.4 is 11.1 Å². The molecule has 1 aromatic carbocycles. The van der Waals surface area contributed by atoms with Gasteiger partial charge in [-0.15, -0.1) is 0 Å². The number of amides is 1. The lowest BCUT2D eigenvalue weighted by Gasteiger charge is -2.31. The molecule has 5 heteroatoms. The third-order valence-electron chi connectivity index (χ3n) is 4.82. The normalized spacial score (nSPS) is 24.3. The molecule has 24 heavy (non-hydrogen) atoms. The Bertz CT molecular complexity index is 570. The molecular formula is C19H27N3O2. The number of nitrogens with two attached hydrogens (primary N) is 1. The Hall–Kier alpha value is -2.01. The molecule has 130 valence electrons. The Morgan fingerprint density at radius 2 is 2.12 bits per heavy atom. The lowest BCUT2D eigenvalue weighted by atomic mass is 9.97. The zero-order valence-corrected chi connectivity index (χ0v) is 14.1. The minimum absolute atomic E-state index is 0.00392. The number of nitrogens with one attached hydrogen (secondary N) is 1. The number of carbonyl (C=O) groups excluding carboxylic acids is 1. The lowest BCUT2D eigenvalue weighted by Crippen LogP contribution is -2.40. The minimum Gasteiger partial charge on any atom is -0.497 e. The third-order valence-corrected chi connectivity index (χ3v) is 4.82. The number of hydrogen-bond donors (Lipinski definition) is 2. The molecule has 1 aromatic rings. The molecule has 2 heterocycles. The van der Waals surface area contributed by atoms with Gasteiger partial charge in [-0.3, -0.25) is 9.69 Å². The predicted octanol–water partition coefficient (Wildman–Crippen LogP) is 2.49. The van der Waals surface area contributed by atoms with Gasteiger partial charge in [-0.1, -0.05) is 12.1 Å². The number of primary amides is 1. The highest BCUT2D eigenvalue weighted by Crippen LogP contribution is 2.19. The maximum absolute atomic E-state index is 11.4. The van der Waals surface area contributed by atoms with Gasteiger partial charge in [-0.25, -0.2) is 0 Å². The van der Waals surface area contributed by atoms with Crippen LogP contribution in [0.3, 0.4) is 0 Å². The molecule has 2 atom stereocenters. The summed E-state index contributed by atoms with van der Waals surface area (Å²) in [7, 11) is 0. The highest BCUT2D eigenvalue weighted by molar-refractivity contribution is 5.76. The molecule has 2 aliphatic rings. The maximum atomic E-state index is 11.4. The van der Waals surface area contributed by atoms with Gasteiger partial charge in [0.1, 0.15) is 6.10 Å². The summed E-state index contributed by atoms with van der Waals surface area (Å²) >= 11 is 0. The number of likely N-dealkylation sites (tertiary alicyclic amines) is 1. The summed E-state index contributed by atoms with van der Waals surface area (Å²) in [4.78, 5) is 13.7. The van der Waals surface area contributed by atoms with Crippen molar-refractivity contribution in [2.45, 2.75) is 38.3 Å². The Morgan fingerprint density at radius 1 is 1.29 bits per heavy atom. The average Bonchev–Trinajstić information content (AvgIpc) is 2.62. The van der Waals surface area contributed by atoms with Crippen molar-refractivity contribution in [2.75, 3.05) is 25.0 Å². The largest absolute Gasteiger partial charge is 0.497 e. The summed E-state index contributed by atoms with van der Waals surface area (Å²) < 4.78 is 5.57. The van der Waals surface area contributed by atoms with Crippen LogP contribution in [-0.4, -0.2) is 36.5 Å². The Kier molecular flexibility index (Phi) is 5.75. The summed E-state index contributed by atoms with van der Waals surface area (Å²) in [5.41, 5.74) is 7.83. The van der Waals surface area contributed by atoms with Crippen LogP contribution in [0.1, 0.15) is 31.2 Å². The van der Waals surface area contributed by atoms with Gasteiger partial charge >= 0.3 is 0 Å². The van der Waals surface area contributed by atoms with E-state index in [4.69, 9.17) is 10.5 Å². The molecule has 0 aromatic heterocycles. The van der Waals surface area contributed by atoms with Crippen molar-refractivity contribution in [3.63, 3.8) is 0 Å². The number of ether oxygens (including phenoxy) is 1. The van der Waals surface area contributed by atoms with Crippen LogP contribution in [0.4, 0.5) is 5.69 Å². The van der Waals surface area contributed by atoms with Gasteiger partial charge in [0.15, 0.2) is 0 Å². The molecule has 1 amide bonds. The number of hydrogen-bond acceptors (Lipinski definition) is 4. The SMILES string of the molecule is NC(=O)[C@@H]1CCCN(Cc2ccc(NC[C@H]3CCC=CO3)cc2)C1. The predicted molar refractivity (Wildman–Crippen MR) is 95.4 cm³/mol. The molecule has 0 spiro atoms. The van der Waals surface area contributed by atoms with Gasteiger partial charge < -0.3 is 15.8 Å². The number of allylic oxidation sites excluding steroid dienone is 1. The van der Waals surface area contributed by atoms with Crippen molar-refractivity contribution in [3.8, 4) is 0 Å². The minimum atomic E-state index is -0.168. The van der Waals surface area contributed by atoms with Gasteiger partial charge in [0.25, 0.3) is 0 Å². The molecule has 0 aliphatic carbocycles. The van der Waals surface area contributed by atoms with E-state index in [1.807, 2.05) is 0 Å².